The molecule has 0 aliphatic carbocycles. The molecule has 0 saturated carbocycles. The van der Waals surface area contributed by atoms with Crippen molar-refractivity contribution in [2.75, 3.05) is 0 Å². The number of benzene rings is 2. The highest BCUT2D eigenvalue weighted by Crippen LogP contribution is 2.19. The summed E-state index contributed by atoms with van der Waals surface area (Å²) in [6, 6.07) is 22.5. The maximum Gasteiger partial charge on any atom is 0.116 e. The van der Waals surface area contributed by atoms with E-state index in [9.17, 15) is 0 Å². The van der Waals surface area contributed by atoms with Crippen LogP contribution in [-0.4, -0.2) is 15.2 Å². The van der Waals surface area contributed by atoms with Crippen LogP contribution in [0.25, 0.3) is 10.9 Å². The Bertz CT molecular complexity index is 1020. The normalized spacial score (nSPS) is 10.3. The first kappa shape index (κ1) is 14.2. The van der Waals surface area contributed by atoms with Gasteiger partial charge in [0.15, 0.2) is 0 Å². The molecule has 3 nitrogen and oxygen atoms in total. The van der Waals surface area contributed by atoms with Crippen molar-refractivity contribution in [1.82, 2.24) is 15.2 Å². The van der Waals surface area contributed by atoms with Crippen molar-refractivity contribution in [3.63, 3.8) is 0 Å². The van der Waals surface area contributed by atoms with Crippen LogP contribution in [0.3, 0.4) is 0 Å². The zero-order chi connectivity index (χ0) is 16.2. The molecule has 1 N–H and O–H groups in total. The van der Waals surface area contributed by atoms with Gasteiger partial charge in [0.25, 0.3) is 0 Å². The van der Waals surface area contributed by atoms with Crippen LogP contribution in [0.15, 0.2) is 72.9 Å². The van der Waals surface area contributed by atoms with E-state index in [1.165, 1.54) is 11.1 Å². The number of nitrogens with zero attached hydrogens (tertiary/aromatic N) is 2. The van der Waals surface area contributed by atoms with E-state index in [1.807, 2.05) is 30.3 Å². The maximum atomic E-state index is 4.33. The van der Waals surface area contributed by atoms with Gasteiger partial charge in [-0.3, -0.25) is 5.10 Å². The molecule has 0 amide bonds. The van der Waals surface area contributed by atoms with Gasteiger partial charge in [-0.1, -0.05) is 42.5 Å². The molecule has 0 bridgehead atoms. The molecular formula is C21H15N3. The highest BCUT2D eigenvalue weighted by Gasteiger charge is 2.05. The maximum absolute atomic E-state index is 4.33. The Balaban J connectivity index is 1.68. The molecule has 0 unspecified atom stereocenters. The van der Waals surface area contributed by atoms with Gasteiger partial charge < -0.3 is 0 Å². The second-order valence-corrected chi connectivity index (χ2v) is 5.58. The van der Waals surface area contributed by atoms with Crippen LogP contribution in [0, 0.1) is 11.8 Å². The molecule has 0 aliphatic heterocycles. The number of fused-ring (bicyclic) bond motifs is 1. The van der Waals surface area contributed by atoms with Gasteiger partial charge >= 0.3 is 0 Å². The van der Waals surface area contributed by atoms with E-state index in [2.05, 4.69) is 63.4 Å². The molecule has 0 atom stereocenters. The quantitative estimate of drug-likeness (QED) is 0.570. The number of nitrogens with one attached hydrogen (secondary N) is 1. The average molecular weight is 309 g/mol. The summed E-state index contributed by atoms with van der Waals surface area (Å²) in [7, 11) is 0. The minimum Gasteiger partial charge on any atom is -0.269 e. The van der Waals surface area contributed by atoms with Gasteiger partial charge in [0.1, 0.15) is 11.4 Å². The molecule has 2 aromatic carbocycles. The lowest BCUT2D eigenvalue weighted by atomic mass is 10.0. The SMILES string of the molecule is C(#Cc1[nH]nc2ccc(Cc3ccccc3)cc12)c1ccccn1. The molecule has 4 aromatic rings. The van der Waals surface area contributed by atoms with Crippen LogP contribution in [-0.2, 0) is 6.42 Å². The number of hydrogen-bond acceptors (Lipinski definition) is 2. The molecule has 2 aromatic heterocycles. The second kappa shape index (κ2) is 6.39. The van der Waals surface area contributed by atoms with Crippen molar-refractivity contribution >= 4 is 10.9 Å². The molecule has 3 heteroatoms. The smallest absolute Gasteiger partial charge is 0.116 e. The van der Waals surface area contributed by atoms with Crippen molar-refractivity contribution in [3.05, 3.63) is 95.4 Å². The van der Waals surface area contributed by atoms with Crippen LogP contribution in [0.5, 0.6) is 0 Å². The minimum atomic E-state index is 0.751. The summed E-state index contributed by atoms with van der Waals surface area (Å²) in [5.74, 6) is 6.22. The van der Waals surface area contributed by atoms with E-state index in [4.69, 9.17) is 0 Å². The van der Waals surface area contributed by atoms with Gasteiger partial charge in [-0.15, -0.1) is 0 Å². The van der Waals surface area contributed by atoms with Gasteiger partial charge in [0, 0.05) is 11.6 Å². The first-order chi connectivity index (χ1) is 11.9. The molecule has 0 radical (unpaired) electrons. The summed E-state index contributed by atoms with van der Waals surface area (Å²) in [4.78, 5) is 4.22. The van der Waals surface area contributed by atoms with E-state index in [0.717, 1.165) is 28.7 Å². The fourth-order valence-corrected chi connectivity index (χ4v) is 2.66. The molecular weight excluding hydrogens is 294 g/mol. The zero-order valence-corrected chi connectivity index (χ0v) is 13.0. The third-order valence-corrected chi connectivity index (χ3v) is 3.85. The highest BCUT2D eigenvalue weighted by molar-refractivity contribution is 5.84. The predicted molar refractivity (Wildman–Crippen MR) is 95.6 cm³/mol. The Morgan fingerprint density at radius 2 is 1.71 bits per heavy atom. The van der Waals surface area contributed by atoms with E-state index in [1.54, 1.807) is 6.20 Å². The van der Waals surface area contributed by atoms with Gasteiger partial charge in [-0.05, 0) is 53.7 Å². The van der Waals surface area contributed by atoms with Crippen molar-refractivity contribution in [2.45, 2.75) is 6.42 Å². The summed E-state index contributed by atoms with van der Waals surface area (Å²) >= 11 is 0. The van der Waals surface area contributed by atoms with E-state index in [-0.39, 0.29) is 0 Å². The number of pyridine rings is 1. The van der Waals surface area contributed by atoms with Gasteiger partial charge in [0.2, 0.25) is 0 Å². The number of hydrogen-bond donors (Lipinski definition) is 1. The molecule has 0 saturated heterocycles. The first-order valence-corrected chi connectivity index (χ1v) is 7.82. The fourth-order valence-electron chi connectivity index (χ4n) is 2.66. The lowest BCUT2D eigenvalue weighted by molar-refractivity contribution is 1.10. The molecule has 0 aliphatic rings. The third kappa shape index (κ3) is 3.04. The lowest BCUT2D eigenvalue weighted by Crippen LogP contribution is -1.87. The zero-order valence-electron chi connectivity index (χ0n) is 13.0. The molecule has 114 valence electrons. The molecule has 4 rings (SSSR count). The van der Waals surface area contributed by atoms with Crippen LogP contribution in [0.1, 0.15) is 22.5 Å². The molecule has 0 spiro atoms. The Morgan fingerprint density at radius 3 is 2.54 bits per heavy atom. The Kier molecular flexibility index (Phi) is 3.79. The summed E-state index contributed by atoms with van der Waals surface area (Å²) in [5.41, 5.74) is 5.04. The van der Waals surface area contributed by atoms with Crippen molar-refractivity contribution in [1.29, 1.82) is 0 Å². The average Bonchev–Trinajstić information content (AvgIpc) is 3.04. The van der Waals surface area contributed by atoms with Crippen LogP contribution in [0.4, 0.5) is 0 Å². The number of rotatable bonds is 2. The highest BCUT2D eigenvalue weighted by atomic mass is 15.1. The third-order valence-electron chi connectivity index (χ3n) is 3.85. The minimum absolute atomic E-state index is 0.751. The summed E-state index contributed by atoms with van der Waals surface area (Å²) in [5, 5.41) is 8.40. The Labute approximate surface area is 140 Å². The molecule has 2 heterocycles. The van der Waals surface area contributed by atoms with Crippen molar-refractivity contribution < 1.29 is 0 Å². The lowest BCUT2D eigenvalue weighted by Gasteiger charge is -2.02. The van der Waals surface area contributed by atoms with Crippen LogP contribution < -0.4 is 0 Å². The van der Waals surface area contributed by atoms with Crippen LogP contribution in [0.2, 0.25) is 0 Å². The first-order valence-electron chi connectivity index (χ1n) is 7.82. The molecule has 0 fully saturated rings. The topological polar surface area (TPSA) is 41.6 Å². The van der Waals surface area contributed by atoms with Crippen molar-refractivity contribution in [3.8, 4) is 11.8 Å². The monoisotopic (exact) mass is 309 g/mol. The van der Waals surface area contributed by atoms with Gasteiger partial charge in [-0.2, -0.15) is 5.10 Å². The largest absolute Gasteiger partial charge is 0.269 e. The number of H-pyrrole nitrogens is 1. The van der Waals surface area contributed by atoms with E-state index in [0.29, 0.717) is 0 Å². The summed E-state index contributed by atoms with van der Waals surface area (Å²) in [6.07, 6.45) is 2.64. The molecule has 24 heavy (non-hydrogen) atoms. The van der Waals surface area contributed by atoms with Gasteiger partial charge in [0.05, 0.1) is 5.52 Å². The second-order valence-electron chi connectivity index (χ2n) is 5.58. The standard InChI is InChI=1S/C21H15N3/c1-2-6-16(7-3-1)14-17-9-11-20-19(15-17)21(24-23-20)12-10-18-8-4-5-13-22-18/h1-9,11,13,15H,14H2,(H,23,24). The number of aromatic nitrogens is 3. The summed E-state index contributed by atoms with van der Waals surface area (Å²) in [6.45, 7) is 0. The Hall–Kier alpha value is -3.38. The fraction of sp³-hybridized carbons (Fsp3) is 0.0476. The number of aromatic amines is 1. The predicted octanol–water partition coefficient (Wildman–Crippen LogP) is 3.95. The Morgan fingerprint density at radius 1 is 0.833 bits per heavy atom. The summed E-state index contributed by atoms with van der Waals surface area (Å²) < 4.78 is 0. The van der Waals surface area contributed by atoms with Gasteiger partial charge in [-0.25, -0.2) is 4.98 Å². The van der Waals surface area contributed by atoms with E-state index >= 15 is 0 Å². The van der Waals surface area contributed by atoms with E-state index < -0.39 is 0 Å². The van der Waals surface area contributed by atoms with Crippen LogP contribution >= 0.6 is 0 Å². The van der Waals surface area contributed by atoms with Crippen molar-refractivity contribution in [2.24, 2.45) is 0 Å².